The van der Waals surface area contributed by atoms with E-state index >= 15 is 0 Å². The molecule has 0 aliphatic carbocycles. The van der Waals surface area contributed by atoms with Crippen molar-refractivity contribution in [2.45, 2.75) is 19.5 Å². The van der Waals surface area contributed by atoms with E-state index in [4.69, 9.17) is 19.5 Å². The molecular formula is C39H30BBrN6O4. The number of fused-ring (bicyclic) bond motifs is 6. The fourth-order valence-corrected chi connectivity index (χ4v) is 6.81. The number of rotatable bonds is 8. The first kappa shape index (κ1) is 32.3. The SMILES string of the molecule is Bc1ccc2c(c1)C(c1ccccc1)=NCc1c(C(=O)OCCCOC(=O)c3ncn4c3CN=C(c3ccccc3)c3cc(Br)ccc3-4)ncn1-2. The van der Waals surface area contributed by atoms with Crippen molar-refractivity contribution < 1.29 is 19.1 Å². The molecule has 2 aliphatic rings. The molecule has 0 fully saturated rings. The lowest BCUT2D eigenvalue weighted by molar-refractivity contribution is 0.0388. The van der Waals surface area contributed by atoms with Gasteiger partial charge in [0.2, 0.25) is 0 Å². The van der Waals surface area contributed by atoms with Crippen molar-refractivity contribution in [1.82, 2.24) is 19.1 Å². The Balaban J connectivity index is 0.933. The maximum atomic E-state index is 13.3. The zero-order valence-corrected chi connectivity index (χ0v) is 29.2. The molecule has 6 aromatic rings. The first-order chi connectivity index (χ1) is 25.0. The van der Waals surface area contributed by atoms with Gasteiger partial charge in [0.1, 0.15) is 20.5 Å². The Kier molecular flexibility index (Phi) is 8.75. The zero-order chi connectivity index (χ0) is 34.9. The Morgan fingerprint density at radius 3 is 1.69 bits per heavy atom. The van der Waals surface area contributed by atoms with Crippen molar-refractivity contribution in [1.29, 1.82) is 0 Å². The molecule has 2 aromatic heterocycles. The largest absolute Gasteiger partial charge is 0.461 e. The second kappa shape index (κ2) is 13.8. The first-order valence-electron chi connectivity index (χ1n) is 16.5. The molecule has 0 saturated heterocycles. The molecule has 12 heteroatoms. The summed E-state index contributed by atoms with van der Waals surface area (Å²) in [4.78, 5) is 45.2. The highest BCUT2D eigenvalue weighted by molar-refractivity contribution is 9.10. The fourth-order valence-electron chi connectivity index (χ4n) is 6.45. The van der Waals surface area contributed by atoms with Gasteiger partial charge < -0.3 is 9.47 Å². The molecule has 0 N–H and O–H groups in total. The number of aliphatic imine (C=N–C) groups is 2. The summed E-state index contributed by atoms with van der Waals surface area (Å²) in [7, 11) is 2.04. The molecule has 0 unspecified atom stereocenters. The normalized spacial score (nSPS) is 13.0. The smallest absolute Gasteiger partial charge is 0.358 e. The number of ether oxygens (including phenoxy) is 2. The van der Waals surface area contributed by atoms with Crippen molar-refractivity contribution in [3.8, 4) is 11.4 Å². The summed E-state index contributed by atoms with van der Waals surface area (Å²) >= 11 is 3.59. The number of carbonyl (C=O) groups excluding carboxylic acids is 2. The van der Waals surface area contributed by atoms with Gasteiger partial charge in [0.15, 0.2) is 11.4 Å². The molecule has 51 heavy (non-hydrogen) atoms. The Labute approximate surface area is 303 Å². The van der Waals surface area contributed by atoms with Crippen LogP contribution in [0.3, 0.4) is 0 Å². The third kappa shape index (κ3) is 6.23. The Hall–Kier alpha value is -5.88. The van der Waals surface area contributed by atoms with Gasteiger partial charge in [-0.05, 0) is 24.3 Å². The van der Waals surface area contributed by atoms with Crippen LogP contribution in [-0.2, 0) is 22.6 Å². The van der Waals surface area contributed by atoms with Gasteiger partial charge in [-0.1, -0.05) is 94.2 Å². The molecule has 4 heterocycles. The standard InChI is InChI=1S/C39H30BBrN6O4/c40-26-12-14-30-28(18-26)34(24-8-3-1-4-9-24)42-20-32-36(44-22-46(30)32)38(48)50-16-7-17-51-39(49)37-33-21-43-35(25-10-5-2-6-11-25)29-19-27(41)13-15-31(29)47(33)23-45-37/h1-6,8-15,18-19,22-23H,7,16-17,20-21,40H2. The van der Waals surface area contributed by atoms with Crippen LogP contribution < -0.4 is 5.46 Å². The predicted octanol–water partition coefficient (Wildman–Crippen LogP) is 5.18. The number of halogens is 1. The molecule has 0 radical (unpaired) electrons. The second-order valence-corrected chi connectivity index (χ2v) is 13.1. The molecule has 250 valence electrons. The van der Waals surface area contributed by atoms with E-state index in [1.54, 1.807) is 12.7 Å². The van der Waals surface area contributed by atoms with Crippen LogP contribution in [0.5, 0.6) is 0 Å². The third-order valence-electron chi connectivity index (χ3n) is 8.88. The van der Waals surface area contributed by atoms with Crippen LogP contribution in [0.2, 0.25) is 0 Å². The van der Waals surface area contributed by atoms with Crippen LogP contribution in [-0.4, -0.2) is 63.5 Å². The van der Waals surface area contributed by atoms with Gasteiger partial charge in [-0.25, -0.2) is 19.6 Å². The highest BCUT2D eigenvalue weighted by atomic mass is 79.9. The van der Waals surface area contributed by atoms with Crippen LogP contribution in [0, 0.1) is 0 Å². The number of imidazole rings is 2. The number of esters is 2. The summed E-state index contributed by atoms with van der Waals surface area (Å²) < 4.78 is 15.9. The van der Waals surface area contributed by atoms with E-state index in [-0.39, 0.29) is 37.7 Å². The van der Waals surface area contributed by atoms with E-state index in [2.05, 4.69) is 32.0 Å². The van der Waals surface area contributed by atoms with Crippen LogP contribution in [0.25, 0.3) is 11.4 Å². The van der Waals surface area contributed by atoms with E-state index in [1.165, 1.54) is 0 Å². The van der Waals surface area contributed by atoms with E-state index in [0.29, 0.717) is 17.8 Å². The van der Waals surface area contributed by atoms with Crippen molar-refractivity contribution >= 4 is 52.6 Å². The summed E-state index contributed by atoms with van der Waals surface area (Å²) in [5.41, 5.74) is 10.1. The maximum Gasteiger partial charge on any atom is 0.358 e. The van der Waals surface area contributed by atoms with E-state index in [9.17, 15) is 9.59 Å². The maximum absolute atomic E-state index is 13.3. The van der Waals surface area contributed by atoms with Crippen molar-refractivity contribution in [3.05, 3.63) is 159 Å². The first-order valence-corrected chi connectivity index (χ1v) is 17.3. The average molecular weight is 737 g/mol. The van der Waals surface area contributed by atoms with Gasteiger partial charge in [0.25, 0.3) is 0 Å². The van der Waals surface area contributed by atoms with Gasteiger partial charge in [-0.2, -0.15) is 0 Å². The lowest BCUT2D eigenvalue weighted by atomic mass is 9.90. The number of aromatic nitrogens is 4. The Morgan fingerprint density at radius 1 is 0.667 bits per heavy atom. The molecular weight excluding hydrogens is 707 g/mol. The fraction of sp³-hybridized carbons (Fsp3) is 0.128. The minimum Gasteiger partial charge on any atom is -0.461 e. The molecule has 2 aliphatic heterocycles. The monoisotopic (exact) mass is 736 g/mol. The highest BCUT2D eigenvalue weighted by Crippen LogP contribution is 2.30. The third-order valence-corrected chi connectivity index (χ3v) is 9.38. The Morgan fingerprint density at radius 2 is 1.16 bits per heavy atom. The van der Waals surface area contributed by atoms with Crippen LogP contribution in [0.1, 0.15) is 61.0 Å². The zero-order valence-electron chi connectivity index (χ0n) is 27.6. The van der Waals surface area contributed by atoms with Crippen molar-refractivity contribution in [3.63, 3.8) is 0 Å². The molecule has 4 aromatic carbocycles. The summed E-state index contributed by atoms with van der Waals surface area (Å²) in [5, 5.41) is 0. The summed E-state index contributed by atoms with van der Waals surface area (Å²) in [6, 6.07) is 32.1. The molecule has 0 spiro atoms. The van der Waals surface area contributed by atoms with Crippen LogP contribution in [0.15, 0.2) is 124 Å². The van der Waals surface area contributed by atoms with Gasteiger partial charge in [-0.3, -0.25) is 19.1 Å². The number of carbonyl (C=O) groups is 2. The van der Waals surface area contributed by atoms with E-state index in [1.807, 2.05) is 108 Å². The highest BCUT2D eigenvalue weighted by Gasteiger charge is 2.27. The molecule has 8 rings (SSSR count). The van der Waals surface area contributed by atoms with E-state index in [0.717, 1.165) is 55.0 Å². The average Bonchev–Trinajstić information content (AvgIpc) is 3.69. The quantitative estimate of drug-likeness (QED) is 0.121. The van der Waals surface area contributed by atoms with Gasteiger partial charge in [-0.15, -0.1) is 0 Å². The lowest BCUT2D eigenvalue weighted by Gasteiger charge is -2.12. The van der Waals surface area contributed by atoms with Gasteiger partial charge >= 0.3 is 11.9 Å². The lowest BCUT2D eigenvalue weighted by Crippen LogP contribution is -2.14. The van der Waals surface area contributed by atoms with Gasteiger partial charge in [0, 0.05) is 33.1 Å². The molecule has 0 bridgehead atoms. The second-order valence-electron chi connectivity index (χ2n) is 12.2. The minimum absolute atomic E-state index is 0.0409. The molecule has 0 saturated carbocycles. The van der Waals surface area contributed by atoms with E-state index < -0.39 is 11.9 Å². The van der Waals surface area contributed by atoms with Crippen LogP contribution in [0.4, 0.5) is 0 Å². The minimum atomic E-state index is -0.562. The Bertz CT molecular complexity index is 2200. The predicted molar refractivity (Wildman–Crippen MR) is 200 cm³/mol. The van der Waals surface area contributed by atoms with Gasteiger partial charge in [0.05, 0.1) is 60.5 Å². The topological polar surface area (TPSA) is 113 Å². The van der Waals surface area contributed by atoms with Crippen molar-refractivity contribution in [2.24, 2.45) is 9.98 Å². The van der Waals surface area contributed by atoms with Crippen LogP contribution >= 0.6 is 15.9 Å². The molecule has 0 atom stereocenters. The summed E-state index contributed by atoms with van der Waals surface area (Å²) in [6.45, 7) is 0.586. The number of hydrogen-bond donors (Lipinski definition) is 0. The number of hydrogen-bond acceptors (Lipinski definition) is 8. The summed E-state index contributed by atoms with van der Waals surface area (Å²) in [5.74, 6) is -1.12. The molecule has 10 nitrogen and oxygen atoms in total. The van der Waals surface area contributed by atoms with Crippen molar-refractivity contribution in [2.75, 3.05) is 13.2 Å². The number of benzene rings is 4. The molecule has 0 amide bonds. The number of nitrogens with zero attached hydrogens (tertiary/aromatic N) is 6. The summed E-state index contributed by atoms with van der Waals surface area (Å²) in [6.07, 6.45) is 3.57.